The van der Waals surface area contributed by atoms with Crippen molar-refractivity contribution in [1.29, 1.82) is 0 Å². The lowest BCUT2D eigenvalue weighted by Crippen LogP contribution is -2.52. The van der Waals surface area contributed by atoms with E-state index in [1.807, 2.05) is 20.8 Å². The van der Waals surface area contributed by atoms with Gasteiger partial charge in [0.15, 0.2) is 0 Å². The highest BCUT2D eigenvalue weighted by Crippen LogP contribution is 2.27. The molecule has 3 unspecified atom stereocenters. The number of thioether (sulfide) groups is 1. The molecule has 112 valence electrons. The second-order valence-corrected chi connectivity index (χ2v) is 7.02. The Kier molecular flexibility index (Phi) is 6.63. The Labute approximate surface area is 120 Å². The molecule has 0 aromatic rings. The van der Waals surface area contributed by atoms with E-state index < -0.39 is 5.54 Å². The van der Waals surface area contributed by atoms with Crippen molar-refractivity contribution in [1.82, 2.24) is 5.32 Å². The summed E-state index contributed by atoms with van der Waals surface area (Å²) in [6.07, 6.45) is 2.69. The molecule has 4 nitrogen and oxygen atoms in total. The second kappa shape index (κ2) is 7.50. The summed E-state index contributed by atoms with van der Waals surface area (Å²) in [5.41, 5.74) is -0.595. The molecule has 1 aliphatic rings. The van der Waals surface area contributed by atoms with Crippen LogP contribution in [0.4, 0.5) is 0 Å². The Bertz CT molecular complexity index is 294. The number of esters is 1. The van der Waals surface area contributed by atoms with Crippen LogP contribution in [0.1, 0.15) is 47.0 Å². The number of aliphatic hydroxyl groups excluding tert-OH is 1. The zero-order valence-corrected chi connectivity index (χ0v) is 13.3. The SMILES string of the molecule is CCOC(=O)C(C)(CCSC(C)C(C)O)NC1CC1. The van der Waals surface area contributed by atoms with Crippen molar-refractivity contribution in [2.45, 2.75) is 69.9 Å². The van der Waals surface area contributed by atoms with Crippen molar-refractivity contribution >= 4 is 17.7 Å². The molecule has 3 atom stereocenters. The van der Waals surface area contributed by atoms with Gasteiger partial charge in [0.1, 0.15) is 5.54 Å². The molecule has 0 saturated heterocycles. The lowest BCUT2D eigenvalue weighted by Gasteiger charge is -2.29. The number of rotatable bonds is 9. The first-order valence-corrected chi connectivity index (χ1v) is 8.18. The third-order valence-electron chi connectivity index (χ3n) is 3.49. The number of aliphatic hydroxyl groups is 1. The van der Waals surface area contributed by atoms with Crippen molar-refractivity contribution in [3.63, 3.8) is 0 Å². The third-order valence-corrected chi connectivity index (χ3v) is 4.85. The summed E-state index contributed by atoms with van der Waals surface area (Å²) < 4.78 is 5.18. The Hall–Kier alpha value is -0.260. The average molecular weight is 289 g/mol. The Morgan fingerprint density at radius 3 is 2.63 bits per heavy atom. The summed E-state index contributed by atoms with van der Waals surface area (Å²) in [5, 5.41) is 13.1. The molecule has 1 saturated carbocycles. The topological polar surface area (TPSA) is 58.6 Å². The third kappa shape index (κ3) is 5.71. The summed E-state index contributed by atoms with van der Waals surface area (Å²) in [4.78, 5) is 12.1. The first kappa shape index (κ1) is 16.8. The number of nitrogens with one attached hydrogen (secondary N) is 1. The predicted molar refractivity (Wildman–Crippen MR) is 79.4 cm³/mol. The smallest absolute Gasteiger partial charge is 0.326 e. The van der Waals surface area contributed by atoms with Crippen molar-refractivity contribution in [3.8, 4) is 0 Å². The Morgan fingerprint density at radius 2 is 2.16 bits per heavy atom. The van der Waals surface area contributed by atoms with Crippen LogP contribution in [0.5, 0.6) is 0 Å². The minimum atomic E-state index is -0.595. The molecule has 0 bridgehead atoms. The Balaban J connectivity index is 2.46. The molecule has 1 fully saturated rings. The quantitative estimate of drug-likeness (QED) is 0.635. The zero-order chi connectivity index (χ0) is 14.5. The van der Waals surface area contributed by atoms with Gasteiger partial charge in [-0.2, -0.15) is 11.8 Å². The first-order chi connectivity index (χ1) is 8.89. The number of carbonyl (C=O) groups excluding carboxylic acids is 1. The molecular formula is C14H27NO3S. The van der Waals surface area contributed by atoms with E-state index in [-0.39, 0.29) is 17.3 Å². The van der Waals surface area contributed by atoms with E-state index in [4.69, 9.17) is 4.74 Å². The maximum atomic E-state index is 12.1. The van der Waals surface area contributed by atoms with Crippen molar-refractivity contribution in [2.75, 3.05) is 12.4 Å². The van der Waals surface area contributed by atoms with Gasteiger partial charge in [0.2, 0.25) is 0 Å². The minimum absolute atomic E-state index is 0.160. The molecule has 0 radical (unpaired) electrons. The van der Waals surface area contributed by atoms with Crippen LogP contribution in [0.3, 0.4) is 0 Å². The highest BCUT2D eigenvalue weighted by molar-refractivity contribution is 7.99. The van der Waals surface area contributed by atoms with Gasteiger partial charge in [-0.1, -0.05) is 6.92 Å². The number of carbonyl (C=O) groups is 1. The summed E-state index contributed by atoms with van der Waals surface area (Å²) in [5.74, 6) is 0.674. The highest BCUT2D eigenvalue weighted by atomic mass is 32.2. The van der Waals surface area contributed by atoms with Crippen LogP contribution in [0.15, 0.2) is 0 Å². The summed E-state index contributed by atoms with van der Waals surface area (Å²) in [7, 11) is 0. The molecular weight excluding hydrogens is 262 g/mol. The molecule has 0 aromatic carbocycles. The van der Waals surface area contributed by atoms with E-state index >= 15 is 0 Å². The predicted octanol–water partition coefficient (Wildman–Crippen LogP) is 1.95. The van der Waals surface area contributed by atoms with Crippen LogP contribution in [-0.2, 0) is 9.53 Å². The summed E-state index contributed by atoms with van der Waals surface area (Å²) >= 11 is 1.70. The van der Waals surface area contributed by atoms with Crippen LogP contribution >= 0.6 is 11.8 Å². The average Bonchev–Trinajstić information content (AvgIpc) is 3.12. The van der Waals surface area contributed by atoms with E-state index in [1.165, 1.54) is 0 Å². The standard InChI is InChI=1S/C14H27NO3S/c1-5-18-13(17)14(4,15-12-6-7-12)8-9-19-11(3)10(2)16/h10-12,15-16H,5-9H2,1-4H3. The minimum Gasteiger partial charge on any atom is -0.465 e. The summed E-state index contributed by atoms with van der Waals surface area (Å²) in [6.45, 7) is 7.98. The van der Waals surface area contributed by atoms with Gasteiger partial charge in [-0.15, -0.1) is 0 Å². The van der Waals surface area contributed by atoms with Crippen LogP contribution in [0, 0.1) is 0 Å². The van der Waals surface area contributed by atoms with Gasteiger partial charge in [-0.25, -0.2) is 0 Å². The zero-order valence-electron chi connectivity index (χ0n) is 12.4. The van der Waals surface area contributed by atoms with E-state index in [9.17, 15) is 9.90 Å². The van der Waals surface area contributed by atoms with E-state index in [0.717, 1.165) is 25.0 Å². The Morgan fingerprint density at radius 1 is 1.53 bits per heavy atom. The normalized spacial score (nSPS) is 21.5. The van der Waals surface area contributed by atoms with Gasteiger partial charge in [-0.3, -0.25) is 10.1 Å². The molecule has 0 spiro atoms. The molecule has 0 aromatic heterocycles. The largest absolute Gasteiger partial charge is 0.465 e. The molecule has 0 amide bonds. The van der Waals surface area contributed by atoms with Gasteiger partial charge in [0.25, 0.3) is 0 Å². The van der Waals surface area contributed by atoms with Crippen molar-refractivity contribution in [3.05, 3.63) is 0 Å². The van der Waals surface area contributed by atoms with Gasteiger partial charge >= 0.3 is 5.97 Å². The van der Waals surface area contributed by atoms with E-state index in [0.29, 0.717) is 12.6 Å². The molecule has 0 aliphatic heterocycles. The molecule has 2 N–H and O–H groups in total. The van der Waals surface area contributed by atoms with Crippen molar-refractivity contribution in [2.24, 2.45) is 0 Å². The maximum Gasteiger partial charge on any atom is 0.326 e. The van der Waals surface area contributed by atoms with Gasteiger partial charge in [-0.05, 0) is 45.8 Å². The number of hydrogen-bond acceptors (Lipinski definition) is 5. The van der Waals surface area contributed by atoms with Crippen LogP contribution in [-0.4, -0.2) is 46.4 Å². The number of ether oxygens (including phenoxy) is 1. The van der Waals surface area contributed by atoms with Gasteiger partial charge in [0, 0.05) is 11.3 Å². The van der Waals surface area contributed by atoms with Crippen LogP contribution < -0.4 is 5.32 Å². The molecule has 1 rings (SSSR count). The fourth-order valence-electron chi connectivity index (χ4n) is 1.79. The highest BCUT2D eigenvalue weighted by Gasteiger charge is 2.39. The second-order valence-electron chi connectivity index (χ2n) is 5.54. The lowest BCUT2D eigenvalue weighted by atomic mass is 9.99. The van der Waals surface area contributed by atoms with E-state index in [1.54, 1.807) is 18.7 Å². The maximum absolute atomic E-state index is 12.1. The molecule has 0 heterocycles. The van der Waals surface area contributed by atoms with Gasteiger partial charge in [0.05, 0.1) is 12.7 Å². The summed E-state index contributed by atoms with van der Waals surface area (Å²) in [6, 6.07) is 0.466. The molecule has 19 heavy (non-hydrogen) atoms. The van der Waals surface area contributed by atoms with E-state index in [2.05, 4.69) is 5.32 Å². The van der Waals surface area contributed by atoms with Crippen LogP contribution in [0.2, 0.25) is 0 Å². The lowest BCUT2D eigenvalue weighted by molar-refractivity contribution is -0.150. The van der Waals surface area contributed by atoms with Crippen molar-refractivity contribution < 1.29 is 14.6 Å². The van der Waals surface area contributed by atoms with Gasteiger partial charge < -0.3 is 9.84 Å². The molecule has 1 aliphatic carbocycles. The number of hydrogen-bond donors (Lipinski definition) is 2. The monoisotopic (exact) mass is 289 g/mol. The first-order valence-electron chi connectivity index (χ1n) is 7.13. The molecule has 5 heteroatoms. The fraction of sp³-hybridized carbons (Fsp3) is 0.929. The fourth-order valence-corrected chi connectivity index (χ4v) is 2.97. The van der Waals surface area contributed by atoms with Crippen LogP contribution in [0.25, 0.3) is 0 Å².